The van der Waals surface area contributed by atoms with Crippen molar-refractivity contribution < 1.29 is 0 Å². The first-order valence-electron chi connectivity index (χ1n) is 16.2. The van der Waals surface area contributed by atoms with Crippen LogP contribution >= 0.6 is 0 Å². The van der Waals surface area contributed by atoms with E-state index in [2.05, 4.69) is 24.0 Å². The minimum Gasteiger partial charge on any atom is -0.294 e. The molecule has 5 aliphatic rings. The molecule has 1 nitrogen and oxygen atoms in total. The summed E-state index contributed by atoms with van der Waals surface area (Å²) < 4.78 is 0. The van der Waals surface area contributed by atoms with E-state index in [1.54, 1.807) is 25.7 Å². The molecule has 0 atom stereocenters. The zero-order chi connectivity index (χ0) is 23.2. The lowest BCUT2D eigenvalue weighted by Crippen LogP contribution is -2.52. The fourth-order valence-corrected chi connectivity index (χ4v) is 9.14. The van der Waals surface area contributed by atoms with Crippen LogP contribution in [0.25, 0.3) is 0 Å². The highest BCUT2D eigenvalue weighted by Gasteiger charge is 2.38. The van der Waals surface area contributed by atoms with Gasteiger partial charge in [0.05, 0.1) is 0 Å². The molecule has 5 aliphatic carbocycles. The van der Waals surface area contributed by atoms with Gasteiger partial charge in [-0.15, -0.1) is 0 Å². The molecule has 0 spiro atoms. The SMILES string of the molecule is CC1CCC(N(C2CCC(/C=C/C3CCCCC3)CC2)C2CCC(C3CCCCC3)CC2)CC1. The second-order valence-electron chi connectivity index (χ2n) is 13.7. The highest BCUT2D eigenvalue weighted by Crippen LogP contribution is 2.43. The number of hydrogen-bond acceptors (Lipinski definition) is 1. The fourth-order valence-electron chi connectivity index (χ4n) is 9.14. The lowest BCUT2D eigenvalue weighted by Gasteiger charge is -2.50. The number of allylic oxidation sites excluding steroid dienone is 2. The summed E-state index contributed by atoms with van der Waals surface area (Å²) in [6.45, 7) is 2.50. The summed E-state index contributed by atoms with van der Waals surface area (Å²) in [5.41, 5.74) is 0. The summed E-state index contributed by atoms with van der Waals surface area (Å²) in [5.74, 6) is 4.93. The van der Waals surface area contributed by atoms with E-state index in [-0.39, 0.29) is 0 Å². The van der Waals surface area contributed by atoms with E-state index < -0.39 is 0 Å². The molecule has 1 heteroatoms. The standard InChI is InChI=1S/C33H57N/c1-26-12-20-31(21-13-26)34(33-24-18-30(19-25-33)29-10-6-3-7-11-29)32-22-16-28(17-23-32)15-14-27-8-4-2-5-9-27/h14-15,26-33H,2-13,16-25H2,1H3/b15-14+. The fraction of sp³-hybridized carbons (Fsp3) is 0.939. The molecule has 0 aromatic carbocycles. The molecule has 0 heterocycles. The molecule has 34 heavy (non-hydrogen) atoms. The Morgan fingerprint density at radius 1 is 0.412 bits per heavy atom. The maximum absolute atomic E-state index is 3.20. The highest BCUT2D eigenvalue weighted by molar-refractivity contribution is 4.99. The van der Waals surface area contributed by atoms with Crippen LogP contribution in [0, 0.1) is 29.6 Å². The molecule has 5 fully saturated rings. The van der Waals surface area contributed by atoms with Crippen LogP contribution in [-0.4, -0.2) is 23.0 Å². The monoisotopic (exact) mass is 467 g/mol. The van der Waals surface area contributed by atoms with Crippen LogP contribution in [0.5, 0.6) is 0 Å². The number of rotatable bonds is 6. The lowest BCUT2D eigenvalue weighted by molar-refractivity contribution is 0.00145. The minimum absolute atomic E-state index is 0.883. The van der Waals surface area contributed by atoms with E-state index >= 15 is 0 Å². The zero-order valence-electron chi connectivity index (χ0n) is 22.8. The Balaban J connectivity index is 1.16. The second kappa shape index (κ2) is 12.8. The van der Waals surface area contributed by atoms with Crippen molar-refractivity contribution in [2.24, 2.45) is 29.6 Å². The number of hydrogen-bond donors (Lipinski definition) is 0. The van der Waals surface area contributed by atoms with Crippen molar-refractivity contribution in [1.29, 1.82) is 0 Å². The normalized spacial score (nSPS) is 39.6. The van der Waals surface area contributed by atoms with Crippen LogP contribution < -0.4 is 0 Å². The van der Waals surface area contributed by atoms with Gasteiger partial charge in [0.25, 0.3) is 0 Å². The maximum Gasteiger partial charge on any atom is 0.0102 e. The van der Waals surface area contributed by atoms with Crippen molar-refractivity contribution >= 4 is 0 Å². The Kier molecular flexibility index (Phi) is 9.53. The summed E-state index contributed by atoms with van der Waals surface area (Å²) in [6.07, 6.45) is 38.3. The third-order valence-electron chi connectivity index (χ3n) is 11.4. The molecule has 0 aliphatic heterocycles. The summed E-state index contributed by atoms with van der Waals surface area (Å²) in [4.78, 5) is 3.20. The molecule has 0 aromatic rings. The van der Waals surface area contributed by atoms with Gasteiger partial charge in [-0.2, -0.15) is 0 Å². The average molecular weight is 468 g/mol. The third-order valence-corrected chi connectivity index (χ3v) is 11.4. The molecular formula is C33H57N. The number of nitrogens with zero attached hydrogens (tertiary/aromatic N) is 1. The molecule has 0 aromatic heterocycles. The van der Waals surface area contributed by atoms with Gasteiger partial charge >= 0.3 is 0 Å². The van der Waals surface area contributed by atoms with Crippen LogP contribution in [0.3, 0.4) is 0 Å². The van der Waals surface area contributed by atoms with Crippen molar-refractivity contribution in [2.75, 3.05) is 0 Å². The average Bonchev–Trinajstić information content (AvgIpc) is 2.91. The van der Waals surface area contributed by atoms with E-state index in [0.29, 0.717) is 0 Å². The molecule has 0 saturated heterocycles. The van der Waals surface area contributed by atoms with E-state index in [4.69, 9.17) is 0 Å². The summed E-state index contributed by atoms with van der Waals surface area (Å²) >= 11 is 0. The third kappa shape index (κ3) is 6.72. The highest BCUT2D eigenvalue weighted by atomic mass is 15.2. The van der Waals surface area contributed by atoms with Gasteiger partial charge in [-0.05, 0) is 119 Å². The molecule has 194 valence electrons. The predicted octanol–water partition coefficient (Wildman–Crippen LogP) is 9.70. The van der Waals surface area contributed by atoms with Gasteiger partial charge in [0.2, 0.25) is 0 Å². The first kappa shape index (κ1) is 25.4. The van der Waals surface area contributed by atoms with Crippen molar-refractivity contribution in [2.45, 2.75) is 166 Å². The largest absolute Gasteiger partial charge is 0.294 e. The van der Waals surface area contributed by atoms with Gasteiger partial charge in [0, 0.05) is 18.1 Å². The van der Waals surface area contributed by atoms with Gasteiger partial charge in [-0.3, -0.25) is 4.90 Å². The molecule has 0 bridgehead atoms. The van der Waals surface area contributed by atoms with Gasteiger partial charge < -0.3 is 0 Å². The Morgan fingerprint density at radius 3 is 1.38 bits per heavy atom. The second-order valence-corrected chi connectivity index (χ2v) is 13.7. The maximum atomic E-state index is 3.20. The first-order valence-corrected chi connectivity index (χ1v) is 16.2. The molecule has 5 saturated carbocycles. The lowest BCUT2D eigenvalue weighted by atomic mass is 9.71. The molecule has 0 amide bonds. The van der Waals surface area contributed by atoms with E-state index in [1.165, 1.54) is 116 Å². The van der Waals surface area contributed by atoms with Gasteiger partial charge in [0.15, 0.2) is 0 Å². The predicted molar refractivity (Wildman–Crippen MR) is 147 cm³/mol. The smallest absolute Gasteiger partial charge is 0.0102 e. The van der Waals surface area contributed by atoms with E-state index in [9.17, 15) is 0 Å². The Morgan fingerprint density at radius 2 is 0.824 bits per heavy atom. The van der Waals surface area contributed by atoms with Crippen LogP contribution in [0.4, 0.5) is 0 Å². The summed E-state index contributed by atoms with van der Waals surface area (Å²) in [5, 5.41) is 0. The molecule has 5 rings (SSSR count). The van der Waals surface area contributed by atoms with Gasteiger partial charge in [-0.1, -0.05) is 70.4 Å². The van der Waals surface area contributed by atoms with Crippen LogP contribution in [0.2, 0.25) is 0 Å². The van der Waals surface area contributed by atoms with Gasteiger partial charge in [0.1, 0.15) is 0 Å². The Labute approximate surface area is 212 Å². The van der Waals surface area contributed by atoms with Crippen LogP contribution in [0.1, 0.15) is 148 Å². The first-order chi connectivity index (χ1) is 16.8. The van der Waals surface area contributed by atoms with Gasteiger partial charge in [-0.25, -0.2) is 0 Å². The Hall–Kier alpha value is -0.300. The molecule has 0 N–H and O–H groups in total. The summed E-state index contributed by atoms with van der Waals surface area (Å²) in [7, 11) is 0. The zero-order valence-corrected chi connectivity index (χ0v) is 22.8. The summed E-state index contributed by atoms with van der Waals surface area (Å²) in [6, 6.07) is 2.72. The van der Waals surface area contributed by atoms with E-state index in [0.717, 1.165) is 47.7 Å². The molecule has 0 radical (unpaired) electrons. The molecule has 0 unspecified atom stereocenters. The Bertz CT molecular complexity index is 588. The van der Waals surface area contributed by atoms with Crippen molar-refractivity contribution in [3.63, 3.8) is 0 Å². The van der Waals surface area contributed by atoms with Crippen molar-refractivity contribution in [3.05, 3.63) is 12.2 Å². The van der Waals surface area contributed by atoms with Crippen molar-refractivity contribution in [3.8, 4) is 0 Å². The van der Waals surface area contributed by atoms with Crippen LogP contribution in [0.15, 0.2) is 12.2 Å². The minimum atomic E-state index is 0.883. The molecular weight excluding hydrogens is 410 g/mol. The van der Waals surface area contributed by atoms with Crippen molar-refractivity contribution in [1.82, 2.24) is 4.90 Å². The quantitative estimate of drug-likeness (QED) is 0.351. The van der Waals surface area contributed by atoms with E-state index in [1.807, 2.05) is 0 Å². The topological polar surface area (TPSA) is 3.24 Å². The van der Waals surface area contributed by atoms with Crippen LogP contribution in [-0.2, 0) is 0 Å².